The highest BCUT2D eigenvalue weighted by molar-refractivity contribution is 5.88. The van der Waals surface area contributed by atoms with Crippen LogP contribution in [0, 0.1) is 40.6 Å². The Balaban J connectivity index is 1.27. The molecule has 2 heterocycles. The molecule has 3 saturated carbocycles. The summed E-state index contributed by atoms with van der Waals surface area (Å²) >= 11 is 0. The third-order valence-electron chi connectivity index (χ3n) is 8.69. The van der Waals surface area contributed by atoms with Crippen molar-refractivity contribution < 1.29 is 28.2 Å². The number of aromatic nitrogens is 4. The third kappa shape index (κ3) is 4.11. The number of aliphatic hydroxyl groups is 2. The van der Waals surface area contributed by atoms with Crippen LogP contribution in [0.1, 0.15) is 41.8 Å². The number of aliphatic hydroxyl groups excluding tert-OH is 2. The number of nitrogens with one attached hydrogen (secondary N) is 2. The molecule has 2 aromatic carbocycles. The van der Waals surface area contributed by atoms with Gasteiger partial charge in [-0.3, -0.25) is 4.79 Å². The molecule has 9 nitrogen and oxygen atoms in total. The smallest absolute Gasteiger partial charge is 0.229 e. The van der Waals surface area contributed by atoms with Crippen LogP contribution in [0.4, 0.5) is 19.0 Å². The van der Waals surface area contributed by atoms with Crippen LogP contribution >= 0.6 is 0 Å². The molecule has 0 spiro atoms. The Bertz CT molecular complexity index is 1820. The Morgan fingerprint density at radius 1 is 1.10 bits per heavy atom. The first kappa shape index (κ1) is 26.4. The average molecular weight is 575 g/mol. The second kappa shape index (κ2) is 9.54. The Hall–Kier alpha value is -4.47. The van der Waals surface area contributed by atoms with Gasteiger partial charge in [0.05, 0.1) is 23.9 Å². The number of halogens is 3. The van der Waals surface area contributed by atoms with Crippen LogP contribution in [-0.2, 0) is 4.79 Å². The van der Waals surface area contributed by atoms with Gasteiger partial charge in [0, 0.05) is 30.5 Å². The average Bonchev–Trinajstić information content (AvgIpc) is 3.86. The van der Waals surface area contributed by atoms with Gasteiger partial charge in [-0.1, -0.05) is 18.1 Å². The predicted molar refractivity (Wildman–Crippen MR) is 144 cm³/mol. The number of anilines is 1. The summed E-state index contributed by atoms with van der Waals surface area (Å²) in [5.41, 5.74) is 0.689. The molecule has 0 bridgehead atoms. The maximum Gasteiger partial charge on any atom is 0.229 e. The molecule has 3 fully saturated rings. The monoisotopic (exact) mass is 574 g/mol. The van der Waals surface area contributed by atoms with E-state index in [1.54, 1.807) is 16.7 Å². The van der Waals surface area contributed by atoms with Gasteiger partial charge in [0.25, 0.3) is 0 Å². The molecule has 1 amide bonds. The Labute approximate surface area is 237 Å². The Morgan fingerprint density at radius 3 is 2.69 bits per heavy atom. The van der Waals surface area contributed by atoms with Crippen LogP contribution in [0.3, 0.4) is 0 Å². The van der Waals surface area contributed by atoms with E-state index in [-0.39, 0.29) is 29.6 Å². The summed E-state index contributed by atoms with van der Waals surface area (Å²) in [5, 5.41) is 27.8. The summed E-state index contributed by atoms with van der Waals surface area (Å²) in [6.07, 6.45) is 0.0294. The third-order valence-corrected chi connectivity index (χ3v) is 8.69. The molecule has 4 N–H and O–H groups in total. The summed E-state index contributed by atoms with van der Waals surface area (Å²) in [6, 6.07) is 8.79. The molecule has 42 heavy (non-hydrogen) atoms. The maximum absolute atomic E-state index is 13.8. The van der Waals surface area contributed by atoms with Gasteiger partial charge in [-0.05, 0) is 54.7 Å². The molecule has 12 heteroatoms. The minimum atomic E-state index is -1.26. The van der Waals surface area contributed by atoms with Crippen molar-refractivity contribution in [1.82, 2.24) is 24.8 Å². The van der Waals surface area contributed by atoms with E-state index in [1.165, 1.54) is 37.6 Å². The van der Waals surface area contributed by atoms with E-state index in [0.717, 1.165) is 6.07 Å². The van der Waals surface area contributed by atoms with Crippen LogP contribution in [0.5, 0.6) is 0 Å². The molecule has 0 unspecified atom stereocenters. The normalized spacial score (nSPS) is 29.0. The number of carbonyl (C=O) groups excluding carboxylic acids is 1. The van der Waals surface area contributed by atoms with Gasteiger partial charge in [-0.15, -0.1) is 0 Å². The standard InChI is InChI=1S/C30H25F3N6O3/c1-34-29(42)30-12-18(30)24(25(40)26(30)41)39-13-35-23-27(36-21-11-17(21)15-6-7-19(32)20(33)10-15)37-22(38-28(23)39)8-5-14-3-2-4-16(31)9-14/h2-4,6-7,9-10,13,17-18,21,24-26,40-41H,11-12H2,1H3,(H,34,42)(H,36,37,38)/t17-,18-,21+,24-,25+,26+,30-/m1/s1. The van der Waals surface area contributed by atoms with Crippen LogP contribution in [0.15, 0.2) is 48.8 Å². The minimum Gasteiger partial charge on any atom is -0.389 e. The van der Waals surface area contributed by atoms with Crippen molar-refractivity contribution in [3.63, 3.8) is 0 Å². The molecule has 0 saturated heterocycles. The lowest BCUT2D eigenvalue weighted by molar-refractivity contribution is -0.132. The summed E-state index contributed by atoms with van der Waals surface area (Å²) in [5.74, 6) is 3.15. The SMILES string of the molecule is CNC(=O)[C@]12C[C@@H]1[C@@H](n1cnc3c(N[C@H]4C[C@@H]4c4ccc(F)c(F)c4)nc(C#Cc4cccc(F)c4)nc31)[C@H](O)[C@@H]2O. The van der Waals surface area contributed by atoms with Crippen molar-refractivity contribution in [3.8, 4) is 11.8 Å². The minimum absolute atomic E-state index is 0.0829. The first-order chi connectivity index (χ1) is 20.2. The van der Waals surface area contributed by atoms with Gasteiger partial charge in [0.1, 0.15) is 11.9 Å². The van der Waals surface area contributed by atoms with E-state index < -0.39 is 41.1 Å². The predicted octanol–water partition coefficient (Wildman–Crippen LogP) is 2.64. The second-order valence-corrected chi connectivity index (χ2v) is 11.1. The lowest BCUT2D eigenvalue weighted by atomic mass is 9.98. The van der Waals surface area contributed by atoms with E-state index in [4.69, 9.17) is 0 Å². The van der Waals surface area contributed by atoms with Gasteiger partial charge in [-0.2, -0.15) is 0 Å². The summed E-state index contributed by atoms with van der Waals surface area (Å²) in [7, 11) is 1.49. The number of amides is 1. The van der Waals surface area contributed by atoms with E-state index >= 15 is 0 Å². The number of imidazole rings is 1. The highest BCUT2D eigenvalue weighted by Crippen LogP contribution is 2.67. The van der Waals surface area contributed by atoms with Crippen LogP contribution < -0.4 is 10.6 Å². The number of rotatable bonds is 5. The number of hydrogen-bond acceptors (Lipinski definition) is 7. The van der Waals surface area contributed by atoms with Crippen LogP contribution in [0.2, 0.25) is 0 Å². The summed E-state index contributed by atoms with van der Waals surface area (Å²) in [4.78, 5) is 26.3. The van der Waals surface area contributed by atoms with E-state index in [0.29, 0.717) is 41.0 Å². The molecule has 0 radical (unpaired) electrons. The number of fused-ring (bicyclic) bond motifs is 2. The lowest BCUT2D eigenvalue weighted by Gasteiger charge is -2.23. The van der Waals surface area contributed by atoms with Crippen LogP contribution in [0.25, 0.3) is 11.2 Å². The number of benzene rings is 2. The zero-order valence-corrected chi connectivity index (χ0v) is 22.2. The van der Waals surface area contributed by atoms with Crippen molar-refractivity contribution in [2.24, 2.45) is 11.3 Å². The van der Waals surface area contributed by atoms with Gasteiger partial charge in [-0.25, -0.2) is 28.1 Å². The van der Waals surface area contributed by atoms with Crippen molar-refractivity contribution in [1.29, 1.82) is 0 Å². The number of hydrogen-bond donors (Lipinski definition) is 4. The molecule has 3 aliphatic carbocycles. The van der Waals surface area contributed by atoms with Crippen molar-refractivity contribution >= 4 is 22.9 Å². The molecule has 0 aliphatic heterocycles. The number of nitrogens with zero attached hydrogens (tertiary/aromatic N) is 4. The fourth-order valence-corrected chi connectivity index (χ4v) is 6.41. The lowest BCUT2D eigenvalue weighted by Crippen LogP contribution is -2.41. The molecule has 4 aromatic rings. The van der Waals surface area contributed by atoms with Gasteiger partial charge in [0.15, 0.2) is 28.6 Å². The Morgan fingerprint density at radius 2 is 1.93 bits per heavy atom. The molecule has 2 aromatic heterocycles. The van der Waals surface area contributed by atoms with Gasteiger partial charge >= 0.3 is 0 Å². The highest BCUT2D eigenvalue weighted by atomic mass is 19.2. The maximum atomic E-state index is 13.8. The van der Waals surface area contributed by atoms with E-state index in [9.17, 15) is 28.2 Å². The zero-order valence-electron chi connectivity index (χ0n) is 22.2. The molecule has 7 rings (SSSR count). The van der Waals surface area contributed by atoms with Crippen molar-refractivity contribution in [2.45, 2.75) is 43.1 Å². The van der Waals surface area contributed by atoms with Gasteiger partial charge in [0.2, 0.25) is 11.7 Å². The highest BCUT2D eigenvalue weighted by Gasteiger charge is 2.75. The second-order valence-electron chi connectivity index (χ2n) is 11.1. The fourth-order valence-electron chi connectivity index (χ4n) is 6.41. The van der Waals surface area contributed by atoms with E-state index in [1.807, 2.05) is 0 Å². The Kier molecular flexibility index (Phi) is 6.00. The topological polar surface area (TPSA) is 125 Å². The van der Waals surface area contributed by atoms with Crippen LogP contribution in [-0.4, -0.2) is 60.9 Å². The zero-order chi connectivity index (χ0) is 29.3. The molecule has 214 valence electrons. The largest absolute Gasteiger partial charge is 0.389 e. The van der Waals surface area contributed by atoms with Crippen molar-refractivity contribution in [3.05, 3.63) is 83.2 Å². The fraction of sp³-hybridized carbons (Fsp3) is 0.333. The summed E-state index contributed by atoms with van der Waals surface area (Å²) < 4.78 is 42.7. The van der Waals surface area contributed by atoms with E-state index in [2.05, 4.69) is 37.4 Å². The number of carbonyl (C=O) groups is 1. The first-order valence-corrected chi connectivity index (χ1v) is 13.5. The molecule has 7 atom stereocenters. The molecule has 3 aliphatic rings. The van der Waals surface area contributed by atoms with Gasteiger partial charge < -0.3 is 25.4 Å². The summed E-state index contributed by atoms with van der Waals surface area (Å²) in [6.45, 7) is 0. The molecular weight excluding hydrogens is 549 g/mol. The van der Waals surface area contributed by atoms with Crippen molar-refractivity contribution in [2.75, 3.05) is 12.4 Å². The quantitative estimate of drug-likeness (QED) is 0.270. The first-order valence-electron chi connectivity index (χ1n) is 13.5. The molecular formula is C30H25F3N6O3.